The van der Waals surface area contributed by atoms with Crippen LogP contribution in [0.25, 0.3) is 21.1 Å². The van der Waals surface area contributed by atoms with E-state index in [1.807, 2.05) is 0 Å². The average molecular weight is 355 g/mol. The maximum Gasteiger partial charge on any atom is 0.259 e. The summed E-state index contributed by atoms with van der Waals surface area (Å²) in [5, 5.41) is 3.76. The molecule has 0 radical (unpaired) electrons. The average Bonchev–Trinajstić information content (AvgIpc) is 2.95. The molecule has 2 aromatic heterocycles. The number of amides is 1. The van der Waals surface area contributed by atoms with Crippen molar-refractivity contribution in [2.75, 3.05) is 5.32 Å². The molecule has 7 heteroatoms. The third-order valence-corrected chi connectivity index (χ3v) is 4.72. The molecule has 25 heavy (non-hydrogen) atoms. The number of hydrogen-bond donors (Lipinski definition) is 1. The SMILES string of the molecule is Cc1nc2cc(F)ccc2cc1C(=O)Nc1nc2ccc(F)cc2s1. The quantitative estimate of drug-likeness (QED) is 0.568. The first-order valence-corrected chi connectivity index (χ1v) is 8.25. The highest BCUT2D eigenvalue weighted by Gasteiger charge is 2.14. The van der Waals surface area contributed by atoms with Crippen LogP contribution >= 0.6 is 11.3 Å². The minimum absolute atomic E-state index is 0.351. The Morgan fingerprint density at radius 2 is 1.76 bits per heavy atom. The number of anilines is 1. The summed E-state index contributed by atoms with van der Waals surface area (Å²) < 4.78 is 27.2. The molecule has 0 spiro atoms. The molecule has 0 saturated heterocycles. The van der Waals surface area contributed by atoms with Gasteiger partial charge in [0, 0.05) is 11.5 Å². The highest BCUT2D eigenvalue weighted by Crippen LogP contribution is 2.27. The first-order valence-electron chi connectivity index (χ1n) is 7.44. The van der Waals surface area contributed by atoms with Gasteiger partial charge in [0.2, 0.25) is 0 Å². The number of aromatic nitrogens is 2. The summed E-state index contributed by atoms with van der Waals surface area (Å²) in [6.07, 6.45) is 0. The zero-order valence-electron chi connectivity index (χ0n) is 13.0. The topological polar surface area (TPSA) is 54.9 Å². The van der Waals surface area contributed by atoms with Crippen LogP contribution in [-0.4, -0.2) is 15.9 Å². The Hall–Kier alpha value is -2.93. The second-order valence-corrected chi connectivity index (χ2v) is 6.57. The van der Waals surface area contributed by atoms with E-state index in [1.54, 1.807) is 25.1 Å². The number of aryl methyl sites for hydroxylation is 1. The van der Waals surface area contributed by atoms with Crippen molar-refractivity contribution >= 4 is 43.5 Å². The lowest BCUT2D eigenvalue weighted by Crippen LogP contribution is -2.14. The van der Waals surface area contributed by atoms with Crippen molar-refractivity contribution in [2.24, 2.45) is 0 Å². The van der Waals surface area contributed by atoms with Crippen molar-refractivity contribution in [3.8, 4) is 0 Å². The molecule has 0 atom stereocenters. The van der Waals surface area contributed by atoms with Gasteiger partial charge in [0.05, 0.1) is 27.0 Å². The Kier molecular flexibility index (Phi) is 3.65. The molecule has 4 aromatic rings. The van der Waals surface area contributed by atoms with Gasteiger partial charge in [-0.05, 0) is 43.3 Å². The molecule has 4 rings (SSSR count). The minimum atomic E-state index is -0.377. The first-order chi connectivity index (χ1) is 12.0. The zero-order chi connectivity index (χ0) is 17.6. The Labute approximate surface area is 145 Å². The standard InChI is InChI=1S/C18H11F2N3OS/c1-9-13(6-10-2-3-11(19)7-15(10)21-9)17(24)23-18-22-14-5-4-12(20)8-16(14)25-18/h2-8H,1H3,(H,22,23,24). The maximum atomic E-state index is 13.3. The summed E-state index contributed by atoms with van der Waals surface area (Å²) in [4.78, 5) is 21.1. The van der Waals surface area contributed by atoms with Crippen LogP contribution in [0.5, 0.6) is 0 Å². The van der Waals surface area contributed by atoms with Crippen molar-refractivity contribution in [3.05, 3.63) is 65.4 Å². The van der Waals surface area contributed by atoms with Gasteiger partial charge in [0.15, 0.2) is 5.13 Å². The molecule has 2 aromatic carbocycles. The Morgan fingerprint density at radius 3 is 2.60 bits per heavy atom. The highest BCUT2D eigenvalue weighted by atomic mass is 32.1. The molecule has 0 aliphatic rings. The van der Waals surface area contributed by atoms with E-state index in [0.29, 0.717) is 37.5 Å². The Morgan fingerprint density at radius 1 is 1.00 bits per heavy atom. The third kappa shape index (κ3) is 2.94. The number of thiazole rings is 1. The van der Waals surface area contributed by atoms with Crippen molar-refractivity contribution in [1.29, 1.82) is 0 Å². The fraction of sp³-hybridized carbons (Fsp3) is 0.0556. The number of rotatable bonds is 2. The summed E-state index contributed by atoms with van der Waals surface area (Å²) in [6, 6.07) is 10.2. The normalized spacial score (nSPS) is 11.2. The van der Waals surface area contributed by atoms with Crippen LogP contribution < -0.4 is 5.32 Å². The van der Waals surface area contributed by atoms with Crippen LogP contribution in [0.3, 0.4) is 0 Å². The lowest BCUT2D eigenvalue weighted by atomic mass is 10.1. The molecule has 0 bridgehead atoms. The van der Waals surface area contributed by atoms with E-state index in [2.05, 4.69) is 15.3 Å². The molecule has 124 valence electrons. The van der Waals surface area contributed by atoms with Crippen molar-refractivity contribution in [3.63, 3.8) is 0 Å². The molecule has 0 fully saturated rings. The second-order valence-electron chi connectivity index (χ2n) is 5.54. The van der Waals surface area contributed by atoms with Gasteiger partial charge in [-0.25, -0.2) is 13.8 Å². The van der Waals surface area contributed by atoms with Gasteiger partial charge < -0.3 is 0 Å². The van der Waals surface area contributed by atoms with Gasteiger partial charge in [-0.15, -0.1) is 0 Å². The molecule has 2 heterocycles. The zero-order valence-corrected chi connectivity index (χ0v) is 13.8. The predicted octanol–water partition coefficient (Wildman–Crippen LogP) is 4.68. The Bertz CT molecular complexity index is 1140. The number of fused-ring (bicyclic) bond motifs is 2. The molecule has 0 aliphatic carbocycles. The molecule has 4 nitrogen and oxygen atoms in total. The van der Waals surface area contributed by atoms with Gasteiger partial charge in [-0.1, -0.05) is 11.3 Å². The fourth-order valence-corrected chi connectivity index (χ4v) is 3.47. The van der Waals surface area contributed by atoms with E-state index in [1.165, 1.54) is 35.6 Å². The van der Waals surface area contributed by atoms with Gasteiger partial charge in [0.1, 0.15) is 11.6 Å². The molecular weight excluding hydrogens is 344 g/mol. The first kappa shape index (κ1) is 15.6. The molecule has 0 unspecified atom stereocenters. The predicted molar refractivity (Wildman–Crippen MR) is 94.0 cm³/mol. The van der Waals surface area contributed by atoms with E-state index in [4.69, 9.17) is 0 Å². The van der Waals surface area contributed by atoms with Crippen molar-refractivity contribution < 1.29 is 13.6 Å². The summed E-state index contributed by atoms with van der Waals surface area (Å²) in [5.74, 6) is -1.09. The highest BCUT2D eigenvalue weighted by molar-refractivity contribution is 7.22. The van der Waals surface area contributed by atoms with Gasteiger partial charge >= 0.3 is 0 Å². The molecule has 1 amide bonds. The van der Waals surface area contributed by atoms with Crippen LogP contribution in [0, 0.1) is 18.6 Å². The number of hydrogen-bond acceptors (Lipinski definition) is 4. The minimum Gasteiger partial charge on any atom is -0.298 e. The van der Waals surface area contributed by atoms with Gasteiger partial charge in [-0.3, -0.25) is 15.1 Å². The third-order valence-electron chi connectivity index (χ3n) is 3.79. The molecule has 0 aliphatic heterocycles. The molecule has 1 N–H and O–H groups in total. The summed E-state index contributed by atoms with van der Waals surface area (Å²) in [5.41, 5.74) is 1.97. The van der Waals surface area contributed by atoms with Crippen LogP contribution in [0.1, 0.15) is 16.1 Å². The number of carbonyl (C=O) groups is 1. The number of pyridine rings is 1. The van der Waals surface area contributed by atoms with Gasteiger partial charge in [0.25, 0.3) is 5.91 Å². The number of carbonyl (C=O) groups excluding carboxylic acids is 1. The van der Waals surface area contributed by atoms with Crippen LogP contribution in [0.4, 0.5) is 13.9 Å². The van der Waals surface area contributed by atoms with E-state index in [-0.39, 0.29) is 17.5 Å². The van der Waals surface area contributed by atoms with Crippen LogP contribution in [0.15, 0.2) is 42.5 Å². The number of benzene rings is 2. The number of nitrogens with one attached hydrogen (secondary N) is 1. The second kappa shape index (κ2) is 5.86. The van der Waals surface area contributed by atoms with E-state index < -0.39 is 0 Å². The fourth-order valence-electron chi connectivity index (χ4n) is 2.58. The number of nitrogens with zero attached hydrogens (tertiary/aromatic N) is 2. The van der Waals surface area contributed by atoms with Crippen LogP contribution in [-0.2, 0) is 0 Å². The molecular formula is C18H11F2N3OS. The van der Waals surface area contributed by atoms with Crippen molar-refractivity contribution in [1.82, 2.24) is 9.97 Å². The van der Waals surface area contributed by atoms with E-state index in [9.17, 15) is 13.6 Å². The smallest absolute Gasteiger partial charge is 0.259 e. The lowest BCUT2D eigenvalue weighted by Gasteiger charge is -2.07. The largest absolute Gasteiger partial charge is 0.298 e. The van der Waals surface area contributed by atoms with Crippen molar-refractivity contribution in [2.45, 2.75) is 6.92 Å². The monoisotopic (exact) mass is 355 g/mol. The van der Waals surface area contributed by atoms with Crippen LogP contribution in [0.2, 0.25) is 0 Å². The molecule has 0 saturated carbocycles. The van der Waals surface area contributed by atoms with E-state index in [0.717, 1.165) is 0 Å². The number of halogens is 2. The lowest BCUT2D eigenvalue weighted by molar-refractivity contribution is 0.102. The Balaban J connectivity index is 1.68. The summed E-state index contributed by atoms with van der Waals surface area (Å²) in [6.45, 7) is 1.69. The van der Waals surface area contributed by atoms with Gasteiger partial charge in [-0.2, -0.15) is 0 Å². The van der Waals surface area contributed by atoms with E-state index >= 15 is 0 Å². The summed E-state index contributed by atoms with van der Waals surface area (Å²) in [7, 11) is 0. The summed E-state index contributed by atoms with van der Waals surface area (Å²) >= 11 is 1.19. The maximum absolute atomic E-state index is 13.3.